The van der Waals surface area contributed by atoms with Crippen LogP contribution in [0.4, 0.5) is 0 Å². The third-order valence-corrected chi connectivity index (χ3v) is 2.59. The van der Waals surface area contributed by atoms with Gasteiger partial charge in [0.15, 0.2) is 0 Å². The summed E-state index contributed by atoms with van der Waals surface area (Å²) >= 11 is 0. The first-order chi connectivity index (χ1) is 10.4. The Bertz CT molecular complexity index is 617. The average molecular weight is 308 g/mol. The van der Waals surface area contributed by atoms with Gasteiger partial charge >= 0.3 is 17.9 Å². The number of methoxy groups -OCH3 is 3. The number of benzene rings is 1. The lowest BCUT2D eigenvalue weighted by Gasteiger charge is -2.12. The minimum Gasteiger partial charge on any atom is -0.496 e. The van der Waals surface area contributed by atoms with Gasteiger partial charge in [-0.3, -0.25) is 4.79 Å². The standard InChI is InChI=1S/C15H16O7/c1-9(16)22-10-7-12(15(18)21-4)11(13(8-10)19-2)5-6-14(17)20-3/h5-8H,1-4H3/b6-5+. The lowest BCUT2D eigenvalue weighted by atomic mass is 10.0. The van der Waals surface area contributed by atoms with Crippen LogP contribution < -0.4 is 9.47 Å². The van der Waals surface area contributed by atoms with Gasteiger partial charge in [-0.15, -0.1) is 0 Å². The van der Waals surface area contributed by atoms with E-state index in [2.05, 4.69) is 9.47 Å². The molecule has 0 saturated carbocycles. The highest BCUT2D eigenvalue weighted by Crippen LogP contribution is 2.30. The van der Waals surface area contributed by atoms with Crippen LogP contribution in [0.25, 0.3) is 6.08 Å². The van der Waals surface area contributed by atoms with Gasteiger partial charge in [0.25, 0.3) is 0 Å². The third kappa shape index (κ3) is 4.34. The van der Waals surface area contributed by atoms with Crippen molar-refractivity contribution in [1.29, 1.82) is 0 Å². The summed E-state index contributed by atoms with van der Waals surface area (Å²) in [6.07, 6.45) is 2.49. The fraction of sp³-hybridized carbons (Fsp3) is 0.267. The molecule has 0 aromatic heterocycles. The predicted molar refractivity (Wildman–Crippen MR) is 76.7 cm³/mol. The monoisotopic (exact) mass is 308 g/mol. The van der Waals surface area contributed by atoms with Crippen LogP contribution in [0.3, 0.4) is 0 Å². The second-order valence-corrected chi connectivity index (χ2v) is 4.03. The van der Waals surface area contributed by atoms with Gasteiger partial charge in [-0.2, -0.15) is 0 Å². The summed E-state index contributed by atoms with van der Waals surface area (Å²) in [7, 11) is 3.82. The number of carbonyl (C=O) groups is 3. The van der Waals surface area contributed by atoms with Gasteiger partial charge < -0.3 is 18.9 Å². The molecule has 0 fully saturated rings. The Balaban J connectivity index is 3.43. The normalized spacial score (nSPS) is 10.2. The number of esters is 3. The SMILES string of the molecule is COC(=O)/C=C/c1c(OC)cc(OC(C)=O)cc1C(=O)OC. The van der Waals surface area contributed by atoms with Crippen LogP contribution in [0.5, 0.6) is 11.5 Å². The zero-order chi connectivity index (χ0) is 16.7. The summed E-state index contributed by atoms with van der Waals surface area (Å²) in [6.45, 7) is 1.23. The number of hydrogen-bond donors (Lipinski definition) is 0. The molecule has 0 heterocycles. The van der Waals surface area contributed by atoms with Crippen molar-refractivity contribution in [1.82, 2.24) is 0 Å². The van der Waals surface area contributed by atoms with Crippen LogP contribution in [-0.2, 0) is 19.1 Å². The molecule has 0 unspecified atom stereocenters. The van der Waals surface area contributed by atoms with E-state index in [0.717, 1.165) is 6.08 Å². The molecule has 0 N–H and O–H groups in total. The predicted octanol–water partition coefficient (Wildman–Crippen LogP) is 1.59. The Hall–Kier alpha value is -2.83. The largest absolute Gasteiger partial charge is 0.496 e. The molecule has 22 heavy (non-hydrogen) atoms. The fourth-order valence-electron chi connectivity index (χ4n) is 1.67. The van der Waals surface area contributed by atoms with E-state index < -0.39 is 17.9 Å². The van der Waals surface area contributed by atoms with Crippen LogP contribution in [0.2, 0.25) is 0 Å². The summed E-state index contributed by atoms with van der Waals surface area (Å²) in [5, 5.41) is 0. The van der Waals surface area contributed by atoms with Crippen molar-refractivity contribution in [2.45, 2.75) is 6.92 Å². The van der Waals surface area contributed by atoms with E-state index in [4.69, 9.17) is 9.47 Å². The average Bonchev–Trinajstić information content (AvgIpc) is 2.50. The van der Waals surface area contributed by atoms with E-state index in [-0.39, 0.29) is 17.1 Å². The van der Waals surface area contributed by atoms with Gasteiger partial charge in [-0.05, 0) is 12.1 Å². The molecule has 0 aliphatic heterocycles. The zero-order valence-electron chi connectivity index (χ0n) is 12.7. The van der Waals surface area contributed by atoms with Crippen molar-refractivity contribution in [3.8, 4) is 11.5 Å². The van der Waals surface area contributed by atoms with Gasteiger partial charge in [0, 0.05) is 24.6 Å². The minimum atomic E-state index is -0.670. The highest BCUT2D eigenvalue weighted by atomic mass is 16.5. The molecule has 1 aromatic rings. The topological polar surface area (TPSA) is 88.1 Å². The molecular weight excluding hydrogens is 292 g/mol. The summed E-state index contributed by atoms with van der Waals surface area (Å²) in [6, 6.07) is 2.75. The lowest BCUT2D eigenvalue weighted by Crippen LogP contribution is -2.08. The Morgan fingerprint density at radius 1 is 1.05 bits per heavy atom. The highest BCUT2D eigenvalue weighted by molar-refractivity contribution is 5.97. The van der Waals surface area contributed by atoms with Crippen LogP contribution in [0.1, 0.15) is 22.8 Å². The highest BCUT2D eigenvalue weighted by Gasteiger charge is 2.18. The Kier molecular flexibility index (Phi) is 6.12. The number of ether oxygens (including phenoxy) is 4. The molecule has 118 valence electrons. The number of rotatable bonds is 5. The van der Waals surface area contributed by atoms with Crippen molar-refractivity contribution >= 4 is 24.0 Å². The van der Waals surface area contributed by atoms with Crippen molar-refractivity contribution in [3.63, 3.8) is 0 Å². The summed E-state index contributed by atoms with van der Waals surface area (Å²) in [4.78, 5) is 34.1. The quantitative estimate of drug-likeness (QED) is 0.463. The number of carbonyl (C=O) groups excluding carboxylic acids is 3. The molecule has 0 radical (unpaired) electrons. The van der Waals surface area contributed by atoms with Crippen molar-refractivity contribution in [2.75, 3.05) is 21.3 Å². The van der Waals surface area contributed by atoms with Gasteiger partial charge in [0.1, 0.15) is 11.5 Å². The zero-order valence-corrected chi connectivity index (χ0v) is 12.7. The van der Waals surface area contributed by atoms with E-state index in [0.29, 0.717) is 5.56 Å². The Morgan fingerprint density at radius 3 is 2.23 bits per heavy atom. The van der Waals surface area contributed by atoms with E-state index in [1.807, 2.05) is 0 Å². The second kappa shape index (κ2) is 7.82. The first kappa shape index (κ1) is 17.2. The summed E-state index contributed by atoms with van der Waals surface area (Å²) in [5.41, 5.74) is 0.383. The van der Waals surface area contributed by atoms with Gasteiger partial charge in [0.2, 0.25) is 0 Å². The van der Waals surface area contributed by atoms with Crippen LogP contribution in [-0.4, -0.2) is 39.2 Å². The van der Waals surface area contributed by atoms with Crippen LogP contribution >= 0.6 is 0 Å². The first-order valence-electron chi connectivity index (χ1n) is 6.17. The fourth-order valence-corrected chi connectivity index (χ4v) is 1.67. The molecule has 7 nitrogen and oxygen atoms in total. The summed E-state index contributed by atoms with van der Waals surface area (Å²) in [5.74, 6) is -1.45. The molecule has 1 aromatic carbocycles. The van der Waals surface area contributed by atoms with Gasteiger partial charge in [-0.1, -0.05) is 0 Å². The molecule has 7 heteroatoms. The van der Waals surface area contributed by atoms with Gasteiger partial charge in [0.05, 0.1) is 26.9 Å². The van der Waals surface area contributed by atoms with E-state index in [1.54, 1.807) is 0 Å². The molecule has 0 saturated heterocycles. The Labute approximate surface area is 127 Å². The maximum Gasteiger partial charge on any atom is 0.338 e. The molecule has 1 rings (SSSR count). The van der Waals surface area contributed by atoms with Crippen molar-refractivity contribution in [3.05, 3.63) is 29.3 Å². The van der Waals surface area contributed by atoms with Gasteiger partial charge in [-0.25, -0.2) is 9.59 Å². The van der Waals surface area contributed by atoms with Crippen molar-refractivity contribution in [2.24, 2.45) is 0 Å². The first-order valence-corrected chi connectivity index (χ1v) is 6.17. The van der Waals surface area contributed by atoms with Crippen LogP contribution in [0, 0.1) is 0 Å². The smallest absolute Gasteiger partial charge is 0.338 e. The number of hydrogen-bond acceptors (Lipinski definition) is 7. The molecule has 0 atom stereocenters. The van der Waals surface area contributed by atoms with E-state index in [1.165, 1.54) is 46.5 Å². The third-order valence-electron chi connectivity index (χ3n) is 2.59. The molecule has 0 bridgehead atoms. The Morgan fingerprint density at radius 2 is 1.73 bits per heavy atom. The van der Waals surface area contributed by atoms with E-state index in [9.17, 15) is 14.4 Å². The van der Waals surface area contributed by atoms with Crippen molar-refractivity contribution < 1.29 is 33.3 Å². The minimum absolute atomic E-state index is 0.0817. The van der Waals surface area contributed by atoms with Crippen LogP contribution in [0.15, 0.2) is 18.2 Å². The molecule has 0 aliphatic rings. The molecule has 0 amide bonds. The molecule has 0 spiro atoms. The summed E-state index contributed by atoms with van der Waals surface area (Å²) < 4.78 is 19.3. The molecular formula is C15H16O7. The van der Waals surface area contributed by atoms with E-state index >= 15 is 0 Å². The lowest BCUT2D eigenvalue weighted by molar-refractivity contribution is -0.135. The second-order valence-electron chi connectivity index (χ2n) is 4.03. The molecule has 0 aliphatic carbocycles. The maximum absolute atomic E-state index is 11.9. The maximum atomic E-state index is 11.9.